The minimum atomic E-state index is 0.495. The summed E-state index contributed by atoms with van der Waals surface area (Å²) in [4.78, 5) is 0. The molecule has 24 heavy (non-hydrogen) atoms. The lowest BCUT2D eigenvalue weighted by molar-refractivity contribution is 0.395. The maximum Gasteiger partial charge on any atom is 0.175 e. The van der Waals surface area contributed by atoms with Gasteiger partial charge in [-0.3, -0.25) is 0 Å². The molecular formula is C19H18N2O2S. The zero-order valence-corrected chi connectivity index (χ0v) is 14.3. The predicted octanol–water partition coefficient (Wildman–Crippen LogP) is 4.67. The third kappa shape index (κ3) is 3.41. The molecule has 122 valence electrons. The van der Waals surface area contributed by atoms with Crippen molar-refractivity contribution >= 4 is 39.5 Å². The minimum absolute atomic E-state index is 0.495. The molecule has 0 heterocycles. The highest BCUT2D eigenvalue weighted by Gasteiger charge is 2.08. The van der Waals surface area contributed by atoms with E-state index in [0.29, 0.717) is 10.9 Å². The Kier molecular flexibility index (Phi) is 4.82. The molecule has 0 amide bonds. The molecule has 0 atom stereocenters. The fraction of sp³-hybridized carbons (Fsp3) is 0.105. The Balaban J connectivity index is 1.80. The van der Waals surface area contributed by atoms with E-state index in [9.17, 15) is 0 Å². The number of ether oxygens (including phenoxy) is 2. The van der Waals surface area contributed by atoms with Crippen LogP contribution in [0.25, 0.3) is 10.8 Å². The lowest BCUT2D eigenvalue weighted by Gasteiger charge is -2.15. The summed E-state index contributed by atoms with van der Waals surface area (Å²) in [7, 11) is 3.23. The molecule has 3 rings (SSSR count). The fourth-order valence-electron chi connectivity index (χ4n) is 2.51. The number of rotatable bonds is 4. The van der Waals surface area contributed by atoms with Gasteiger partial charge in [0.25, 0.3) is 0 Å². The van der Waals surface area contributed by atoms with Crippen LogP contribution in [0.1, 0.15) is 0 Å². The first-order valence-electron chi connectivity index (χ1n) is 7.49. The molecule has 0 aliphatic carbocycles. The molecule has 0 aliphatic rings. The van der Waals surface area contributed by atoms with E-state index in [1.807, 2.05) is 42.5 Å². The predicted molar refractivity (Wildman–Crippen MR) is 103 cm³/mol. The van der Waals surface area contributed by atoms with E-state index in [1.54, 1.807) is 14.2 Å². The maximum absolute atomic E-state index is 5.44. The first-order valence-corrected chi connectivity index (χ1v) is 7.90. The maximum atomic E-state index is 5.44. The fourth-order valence-corrected chi connectivity index (χ4v) is 2.73. The van der Waals surface area contributed by atoms with Crippen LogP contribution in [0.2, 0.25) is 0 Å². The van der Waals surface area contributed by atoms with Crippen LogP contribution in [0.5, 0.6) is 11.5 Å². The van der Waals surface area contributed by atoms with E-state index >= 15 is 0 Å². The first kappa shape index (κ1) is 16.1. The molecular weight excluding hydrogens is 320 g/mol. The Morgan fingerprint density at radius 1 is 0.833 bits per heavy atom. The Morgan fingerprint density at radius 2 is 1.58 bits per heavy atom. The van der Waals surface area contributed by atoms with Crippen LogP contribution in [0, 0.1) is 0 Å². The summed E-state index contributed by atoms with van der Waals surface area (Å²) in [5.74, 6) is 1.39. The standard InChI is InChI=1S/C19H18N2O2S/c1-22-14-10-11-17(18(12-14)23-2)21-19(24)20-16-9-5-7-13-6-3-4-8-15(13)16/h3-12H,1-2H3,(H2,20,21,24). The van der Waals surface area contributed by atoms with Crippen molar-refractivity contribution in [2.24, 2.45) is 0 Å². The van der Waals surface area contributed by atoms with Crippen molar-refractivity contribution in [2.45, 2.75) is 0 Å². The Hall–Kier alpha value is -2.79. The molecule has 0 aromatic heterocycles. The zero-order valence-electron chi connectivity index (χ0n) is 13.5. The average Bonchev–Trinajstić information content (AvgIpc) is 2.62. The van der Waals surface area contributed by atoms with Gasteiger partial charge in [-0.25, -0.2) is 0 Å². The van der Waals surface area contributed by atoms with Gasteiger partial charge >= 0.3 is 0 Å². The van der Waals surface area contributed by atoms with E-state index in [1.165, 1.54) is 0 Å². The second-order valence-electron chi connectivity index (χ2n) is 5.17. The van der Waals surface area contributed by atoms with Crippen molar-refractivity contribution in [2.75, 3.05) is 24.9 Å². The van der Waals surface area contributed by atoms with E-state index in [4.69, 9.17) is 21.7 Å². The number of thiocarbonyl (C=S) groups is 1. The van der Waals surface area contributed by atoms with Crippen LogP contribution in [0.3, 0.4) is 0 Å². The van der Waals surface area contributed by atoms with Crippen molar-refractivity contribution in [1.82, 2.24) is 0 Å². The zero-order chi connectivity index (χ0) is 16.9. The molecule has 2 N–H and O–H groups in total. The first-order chi connectivity index (χ1) is 11.7. The average molecular weight is 338 g/mol. The Labute approximate surface area is 146 Å². The molecule has 3 aromatic rings. The summed E-state index contributed by atoms with van der Waals surface area (Å²) in [6.45, 7) is 0. The van der Waals surface area contributed by atoms with E-state index in [2.05, 4.69) is 28.8 Å². The topological polar surface area (TPSA) is 42.5 Å². The van der Waals surface area contributed by atoms with Gasteiger partial charge in [-0.05, 0) is 35.8 Å². The van der Waals surface area contributed by atoms with Gasteiger partial charge in [0.05, 0.1) is 19.9 Å². The van der Waals surface area contributed by atoms with Crippen LogP contribution in [-0.2, 0) is 0 Å². The van der Waals surface area contributed by atoms with Gasteiger partial charge < -0.3 is 20.1 Å². The van der Waals surface area contributed by atoms with Crippen LogP contribution >= 0.6 is 12.2 Å². The van der Waals surface area contributed by atoms with Crippen molar-refractivity contribution in [3.63, 3.8) is 0 Å². The molecule has 0 spiro atoms. The van der Waals surface area contributed by atoms with E-state index in [0.717, 1.165) is 27.9 Å². The number of nitrogens with one attached hydrogen (secondary N) is 2. The normalized spacial score (nSPS) is 10.2. The van der Waals surface area contributed by atoms with Crippen LogP contribution < -0.4 is 20.1 Å². The van der Waals surface area contributed by atoms with Gasteiger partial charge in [-0.2, -0.15) is 0 Å². The van der Waals surface area contributed by atoms with Crippen molar-refractivity contribution in [3.8, 4) is 11.5 Å². The molecule has 4 nitrogen and oxygen atoms in total. The summed E-state index contributed by atoms with van der Waals surface area (Å²) in [5, 5.41) is 9.18. The van der Waals surface area contributed by atoms with E-state index < -0.39 is 0 Å². The summed E-state index contributed by atoms with van der Waals surface area (Å²) < 4.78 is 10.6. The van der Waals surface area contributed by atoms with Crippen LogP contribution in [0.4, 0.5) is 11.4 Å². The van der Waals surface area contributed by atoms with Gasteiger partial charge in [0.15, 0.2) is 5.11 Å². The molecule has 5 heteroatoms. The molecule has 0 bridgehead atoms. The van der Waals surface area contributed by atoms with Crippen molar-refractivity contribution < 1.29 is 9.47 Å². The third-order valence-corrected chi connectivity index (χ3v) is 3.90. The number of hydrogen-bond donors (Lipinski definition) is 2. The molecule has 3 aromatic carbocycles. The van der Waals surface area contributed by atoms with Gasteiger partial charge in [-0.1, -0.05) is 36.4 Å². The molecule has 0 radical (unpaired) electrons. The summed E-state index contributed by atoms with van der Waals surface area (Å²) >= 11 is 5.44. The van der Waals surface area contributed by atoms with Gasteiger partial charge in [0.1, 0.15) is 11.5 Å². The SMILES string of the molecule is COc1ccc(NC(=S)Nc2cccc3ccccc23)c(OC)c1. The Bertz CT molecular complexity index is 875. The molecule has 0 aliphatic heterocycles. The number of fused-ring (bicyclic) bond motifs is 1. The smallest absolute Gasteiger partial charge is 0.175 e. The van der Waals surface area contributed by atoms with Gasteiger partial charge in [-0.15, -0.1) is 0 Å². The quantitative estimate of drug-likeness (QED) is 0.677. The number of benzene rings is 3. The van der Waals surface area contributed by atoms with Crippen molar-refractivity contribution in [3.05, 3.63) is 60.7 Å². The van der Waals surface area contributed by atoms with Crippen LogP contribution in [0.15, 0.2) is 60.7 Å². The second kappa shape index (κ2) is 7.19. The highest BCUT2D eigenvalue weighted by molar-refractivity contribution is 7.80. The third-order valence-electron chi connectivity index (χ3n) is 3.69. The summed E-state index contributed by atoms with van der Waals surface area (Å²) in [6.07, 6.45) is 0. The lowest BCUT2D eigenvalue weighted by atomic mass is 10.1. The molecule has 0 saturated carbocycles. The largest absolute Gasteiger partial charge is 0.497 e. The summed E-state index contributed by atoms with van der Waals surface area (Å²) in [6, 6.07) is 19.8. The van der Waals surface area contributed by atoms with Crippen LogP contribution in [-0.4, -0.2) is 19.3 Å². The van der Waals surface area contributed by atoms with E-state index in [-0.39, 0.29) is 0 Å². The number of hydrogen-bond acceptors (Lipinski definition) is 3. The number of anilines is 2. The molecule has 0 unspecified atom stereocenters. The minimum Gasteiger partial charge on any atom is -0.497 e. The summed E-state index contributed by atoms with van der Waals surface area (Å²) in [5.41, 5.74) is 1.73. The highest BCUT2D eigenvalue weighted by Crippen LogP contribution is 2.29. The lowest BCUT2D eigenvalue weighted by Crippen LogP contribution is -2.19. The second-order valence-corrected chi connectivity index (χ2v) is 5.58. The monoisotopic (exact) mass is 338 g/mol. The molecule has 0 fully saturated rings. The Morgan fingerprint density at radius 3 is 2.38 bits per heavy atom. The van der Waals surface area contributed by atoms with Gasteiger partial charge in [0.2, 0.25) is 0 Å². The molecule has 0 saturated heterocycles. The van der Waals surface area contributed by atoms with Gasteiger partial charge in [0, 0.05) is 17.1 Å². The number of methoxy groups -OCH3 is 2. The van der Waals surface area contributed by atoms with Crippen molar-refractivity contribution in [1.29, 1.82) is 0 Å². The highest BCUT2D eigenvalue weighted by atomic mass is 32.1.